The summed E-state index contributed by atoms with van der Waals surface area (Å²) in [4.78, 5) is 21.4. The molecule has 124 valence electrons. The number of nitrogens with zero attached hydrogens (tertiary/aromatic N) is 2. The lowest BCUT2D eigenvalue weighted by atomic mass is 10.0. The van der Waals surface area contributed by atoms with Crippen LogP contribution in [0.15, 0.2) is 30.6 Å². The number of aliphatic hydroxyl groups is 1. The van der Waals surface area contributed by atoms with Crippen molar-refractivity contribution in [3.63, 3.8) is 0 Å². The zero-order chi connectivity index (χ0) is 16.5. The molecule has 2 amide bonds. The van der Waals surface area contributed by atoms with E-state index in [2.05, 4.69) is 20.6 Å². The highest BCUT2D eigenvalue weighted by atomic mass is 32.1. The van der Waals surface area contributed by atoms with Gasteiger partial charge in [-0.05, 0) is 25.5 Å². The molecule has 1 atom stereocenters. The van der Waals surface area contributed by atoms with E-state index in [1.807, 2.05) is 31.3 Å². The fourth-order valence-electron chi connectivity index (χ4n) is 2.12. The Hall–Kier alpha value is -1.99. The van der Waals surface area contributed by atoms with Gasteiger partial charge >= 0.3 is 6.03 Å². The van der Waals surface area contributed by atoms with Crippen molar-refractivity contribution in [2.75, 3.05) is 19.7 Å². The zero-order valence-corrected chi connectivity index (χ0v) is 14.0. The minimum absolute atomic E-state index is 0.00917. The van der Waals surface area contributed by atoms with Crippen molar-refractivity contribution in [3.05, 3.63) is 46.2 Å². The van der Waals surface area contributed by atoms with Crippen molar-refractivity contribution in [1.82, 2.24) is 20.6 Å². The first-order valence-corrected chi connectivity index (χ1v) is 8.43. The molecule has 2 rings (SSSR count). The van der Waals surface area contributed by atoms with E-state index in [4.69, 9.17) is 0 Å². The van der Waals surface area contributed by atoms with Crippen molar-refractivity contribution in [2.45, 2.75) is 19.8 Å². The van der Waals surface area contributed by atoms with Crippen molar-refractivity contribution in [3.8, 4) is 0 Å². The molecule has 23 heavy (non-hydrogen) atoms. The average molecular weight is 334 g/mol. The number of urea groups is 1. The highest BCUT2D eigenvalue weighted by Gasteiger charge is 2.11. The minimum Gasteiger partial charge on any atom is -0.396 e. The maximum absolute atomic E-state index is 11.8. The Morgan fingerprint density at radius 3 is 2.87 bits per heavy atom. The number of thiazole rings is 1. The number of pyridine rings is 1. The van der Waals surface area contributed by atoms with Gasteiger partial charge in [-0.25, -0.2) is 9.78 Å². The monoisotopic (exact) mass is 334 g/mol. The van der Waals surface area contributed by atoms with Crippen molar-refractivity contribution in [1.29, 1.82) is 0 Å². The quantitative estimate of drug-likeness (QED) is 0.683. The molecule has 1 unspecified atom stereocenters. The molecule has 3 N–H and O–H groups in total. The number of aryl methyl sites for hydroxylation is 1. The first-order chi connectivity index (χ1) is 11.2. The van der Waals surface area contributed by atoms with Gasteiger partial charge in [-0.2, -0.15) is 0 Å². The van der Waals surface area contributed by atoms with Gasteiger partial charge in [0.15, 0.2) is 0 Å². The number of carbonyl (C=O) groups excluding carboxylic acids is 1. The van der Waals surface area contributed by atoms with Gasteiger partial charge in [-0.3, -0.25) is 4.98 Å². The number of aliphatic hydroxyl groups excluding tert-OH is 1. The predicted molar refractivity (Wildman–Crippen MR) is 90.5 cm³/mol. The number of hydrogen-bond acceptors (Lipinski definition) is 5. The second-order valence-electron chi connectivity index (χ2n) is 5.33. The van der Waals surface area contributed by atoms with E-state index >= 15 is 0 Å². The highest BCUT2D eigenvalue weighted by molar-refractivity contribution is 7.11. The smallest absolute Gasteiger partial charge is 0.314 e. The first-order valence-electron chi connectivity index (χ1n) is 7.61. The van der Waals surface area contributed by atoms with Crippen LogP contribution in [0.5, 0.6) is 0 Å². The summed E-state index contributed by atoms with van der Waals surface area (Å²) in [5, 5.41) is 16.0. The molecule has 0 saturated heterocycles. The number of nitrogens with one attached hydrogen (secondary N) is 2. The molecular weight excluding hydrogens is 312 g/mol. The van der Waals surface area contributed by atoms with E-state index in [0.717, 1.165) is 17.1 Å². The predicted octanol–water partition coefficient (Wildman–Crippen LogP) is 1.54. The molecule has 7 heteroatoms. The van der Waals surface area contributed by atoms with Crippen LogP contribution in [0.25, 0.3) is 0 Å². The first kappa shape index (κ1) is 17.4. The fourth-order valence-corrected chi connectivity index (χ4v) is 2.90. The van der Waals surface area contributed by atoms with Gasteiger partial charge in [0.05, 0.1) is 5.01 Å². The molecule has 0 aliphatic carbocycles. The van der Waals surface area contributed by atoms with Crippen molar-refractivity contribution < 1.29 is 9.90 Å². The molecule has 0 radical (unpaired) electrons. The SMILES string of the molecule is Cc1cnc(CCNC(=O)NCC(CO)Cc2ccccn2)s1. The molecular formula is C16H22N4O2S. The number of rotatable bonds is 8. The van der Waals surface area contributed by atoms with Gasteiger partial charge in [0, 0.05) is 55.0 Å². The van der Waals surface area contributed by atoms with Crippen LogP contribution < -0.4 is 10.6 Å². The molecule has 0 spiro atoms. The lowest BCUT2D eigenvalue weighted by Crippen LogP contribution is -2.40. The standard InChI is InChI=1S/C16H22N4O2S/c1-12-9-19-15(23-12)5-7-18-16(22)20-10-13(11-21)8-14-4-2-3-6-17-14/h2-4,6,9,13,21H,5,7-8,10-11H2,1H3,(H2,18,20,22). The molecule has 0 fully saturated rings. The van der Waals surface area contributed by atoms with Crippen molar-refractivity contribution in [2.24, 2.45) is 5.92 Å². The molecule has 0 aliphatic heterocycles. The molecule has 2 aromatic rings. The van der Waals surface area contributed by atoms with Crippen LogP contribution in [0, 0.1) is 12.8 Å². The third-order valence-electron chi connectivity index (χ3n) is 3.33. The average Bonchev–Trinajstić information content (AvgIpc) is 2.97. The van der Waals surface area contributed by atoms with E-state index < -0.39 is 0 Å². The largest absolute Gasteiger partial charge is 0.396 e. The van der Waals surface area contributed by atoms with Gasteiger partial charge < -0.3 is 15.7 Å². The topological polar surface area (TPSA) is 87.1 Å². The Morgan fingerprint density at radius 1 is 1.35 bits per heavy atom. The van der Waals surface area contributed by atoms with Crippen LogP contribution in [0.2, 0.25) is 0 Å². The Kier molecular flexibility index (Phi) is 6.96. The molecule has 0 saturated carbocycles. The van der Waals surface area contributed by atoms with E-state index in [1.165, 1.54) is 4.88 Å². The Morgan fingerprint density at radius 2 is 2.22 bits per heavy atom. The lowest BCUT2D eigenvalue weighted by molar-refractivity contribution is 0.213. The van der Waals surface area contributed by atoms with E-state index in [-0.39, 0.29) is 18.6 Å². The van der Waals surface area contributed by atoms with E-state index in [1.54, 1.807) is 17.5 Å². The van der Waals surface area contributed by atoms with E-state index in [0.29, 0.717) is 19.5 Å². The summed E-state index contributed by atoms with van der Waals surface area (Å²) >= 11 is 1.64. The summed E-state index contributed by atoms with van der Waals surface area (Å²) in [7, 11) is 0. The summed E-state index contributed by atoms with van der Waals surface area (Å²) in [6.07, 6.45) is 4.92. The summed E-state index contributed by atoms with van der Waals surface area (Å²) < 4.78 is 0. The second-order valence-corrected chi connectivity index (χ2v) is 6.64. The Bertz CT molecular complexity index is 603. The van der Waals surface area contributed by atoms with E-state index in [9.17, 15) is 9.90 Å². The normalized spacial score (nSPS) is 11.9. The van der Waals surface area contributed by atoms with Crippen LogP contribution in [0.1, 0.15) is 15.6 Å². The Balaban J connectivity index is 1.66. The van der Waals surface area contributed by atoms with Gasteiger partial charge in [0.2, 0.25) is 0 Å². The third-order valence-corrected chi connectivity index (χ3v) is 4.30. The van der Waals surface area contributed by atoms with Crippen molar-refractivity contribution >= 4 is 17.4 Å². The minimum atomic E-state index is -0.224. The summed E-state index contributed by atoms with van der Waals surface area (Å²) in [6, 6.07) is 5.46. The van der Waals surface area contributed by atoms with Crippen LogP contribution in [-0.4, -0.2) is 40.8 Å². The molecule has 6 nitrogen and oxygen atoms in total. The summed E-state index contributed by atoms with van der Waals surface area (Å²) in [6.45, 7) is 2.98. The highest BCUT2D eigenvalue weighted by Crippen LogP contribution is 2.10. The van der Waals surface area contributed by atoms with Crippen LogP contribution in [0.4, 0.5) is 4.79 Å². The third kappa shape index (κ3) is 6.33. The number of hydrogen-bond donors (Lipinski definition) is 3. The zero-order valence-electron chi connectivity index (χ0n) is 13.2. The molecule has 0 bridgehead atoms. The Labute approximate surface area is 140 Å². The van der Waals surface area contributed by atoms with Gasteiger partial charge in [-0.1, -0.05) is 6.07 Å². The molecule has 0 aromatic carbocycles. The van der Waals surface area contributed by atoms with Crippen LogP contribution >= 0.6 is 11.3 Å². The summed E-state index contributed by atoms with van der Waals surface area (Å²) in [5.41, 5.74) is 0.910. The molecule has 0 aliphatic rings. The maximum atomic E-state index is 11.8. The molecule has 2 aromatic heterocycles. The number of carbonyl (C=O) groups is 1. The maximum Gasteiger partial charge on any atom is 0.314 e. The van der Waals surface area contributed by atoms with Crippen LogP contribution in [-0.2, 0) is 12.8 Å². The number of aromatic nitrogens is 2. The molecule has 2 heterocycles. The van der Waals surface area contributed by atoms with Gasteiger partial charge in [0.25, 0.3) is 0 Å². The van der Waals surface area contributed by atoms with Gasteiger partial charge in [-0.15, -0.1) is 11.3 Å². The fraction of sp³-hybridized carbons (Fsp3) is 0.438. The lowest BCUT2D eigenvalue weighted by Gasteiger charge is -2.15. The van der Waals surface area contributed by atoms with Gasteiger partial charge in [0.1, 0.15) is 0 Å². The summed E-state index contributed by atoms with van der Waals surface area (Å²) in [5.74, 6) is -0.0442. The second kappa shape index (κ2) is 9.22. The number of amides is 2. The van der Waals surface area contributed by atoms with Crippen LogP contribution in [0.3, 0.4) is 0 Å².